The number of fused-ring (bicyclic) bond motifs is 1. The largest absolute Gasteiger partial charge is 0.317 e. The van der Waals surface area contributed by atoms with Crippen molar-refractivity contribution in [2.24, 2.45) is 13.0 Å². The highest BCUT2D eigenvalue weighted by Crippen LogP contribution is 2.42. The molecule has 1 aliphatic heterocycles. The summed E-state index contributed by atoms with van der Waals surface area (Å²) in [4.78, 5) is 20.0. The van der Waals surface area contributed by atoms with E-state index in [9.17, 15) is 13.6 Å². The first-order valence-corrected chi connectivity index (χ1v) is 13.6. The van der Waals surface area contributed by atoms with Crippen molar-refractivity contribution < 1.29 is 13.6 Å². The molecule has 1 N–H and O–H groups in total. The smallest absolute Gasteiger partial charge is 0.260 e. The lowest BCUT2D eigenvalue weighted by Gasteiger charge is -2.35. The van der Waals surface area contributed by atoms with Crippen LogP contribution in [0.2, 0.25) is 5.02 Å². The molecule has 2 aliphatic rings. The van der Waals surface area contributed by atoms with Gasteiger partial charge in [-0.2, -0.15) is 0 Å². The van der Waals surface area contributed by atoms with Gasteiger partial charge in [0.25, 0.3) is 5.91 Å². The van der Waals surface area contributed by atoms with Gasteiger partial charge in [0, 0.05) is 47.8 Å². The van der Waals surface area contributed by atoms with Crippen molar-refractivity contribution >= 4 is 23.3 Å². The number of hydrogen-bond acceptors (Lipinski definition) is 5. The molecule has 1 fully saturated rings. The summed E-state index contributed by atoms with van der Waals surface area (Å²) in [5, 5.41) is 12.2. The number of aromatic nitrogens is 4. The van der Waals surface area contributed by atoms with Crippen LogP contribution in [-0.2, 0) is 13.6 Å². The van der Waals surface area contributed by atoms with Crippen LogP contribution in [-0.4, -0.2) is 38.1 Å². The minimum absolute atomic E-state index is 0.0152. The van der Waals surface area contributed by atoms with Gasteiger partial charge in [0.05, 0.1) is 6.54 Å². The normalized spacial score (nSPS) is 17.1. The highest BCUT2D eigenvalue weighted by atomic mass is 35.5. The van der Waals surface area contributed by atoms with E-state index in [0.29, 0.717) is 35.3 Å². The molecule has 1 atom stereocenters. The minimum Gasteiger partial charge on any atom is -0.317 e. The van der Waals surface area contributed by atoms with Gasteiger partial charge in [-0.3, -0.25) is 9.69 Å². The van der Waals surface area contributed by atoms with Gasteiger partial charge in [0.1, 0.15) is 12.1 Å². The molecule has 0 spiro atoms. The molecular formula is C30H29ClF2N6O. The third kappa shape index (κ3) is 4.99. The van der Waals surface area contributed by atoms with Crippen LogP contribution in [0.25, 0.3) is 22.5 Å². The second kappa shape index (κ2) is 10.1. The summed E-state index contributed by atoms with van der Waals surface area (Å²) >= 11 is 6.32. The average Bonchev–Trinajstić information content (AvgIpc) is 3.48. The molecule has 40 heavy (non-hydrogen) atoms. The van der Waals surface area contributed by atoms with Gasteiger partial charge in [-0.1, -0.05) is 29.8 Å². The number of amides is 1. The Kier molecular flexibility index (Phi) is 6.67. The van der Waals surface area contributed by atoms with E-state index in [4.69, 9.17) is 11.6 Å². The van der Waals surface area contributed by atoms with Crippen LogP contribution in [0.15, 0.2) is 54.9 Å². The highest BCUT2D eigenvalue weighted by Gasteiger charge is 2.44. The van der Waals surface area contributed by atoms with E-state index >= 15 is 0 Å². The summed E-state index contributed by atoms with van der Waals surface area (Å²) in [5.41, 5.74) is 5.90. The van der Waals surface area contributed by atoms with Crippen molar-refractivity contribution in [1.82, 2.24) is 25.1 Å². The first-order chi connectivity index (χ1) is 19.1. The van der Waals surface area contributed by atoms with Crippen molar-refractivity contribution in [3.63, 3.8) is 0 Å². The number of anilines is 1. The Morgan fingerprint density at radius 2 is 1.90 bits per heavy atom. The molecule has 2 aromatic carbocycles. The SMILES string of the molecule is Cc1cc(C(C)NCC2CC(F)(F)C2)cc(N2Cc3ccc(-c4ccc(Cl)cc4-c4nncn4C)cc3C2=O)n1. The number of halogens is 3. The fourth-order valence-electron chi connectivity index (χ4n) is 5.59. The van der Waals surface area contributed by atoms with Crippen LogP contribution < -0.4 is 10.2 Å². The number of carbonyl (C=O) groups excluding carboxylic acids is 1. The molecule has 1 aliphatic carbocycles. The molecule has 3 heterocycles. The Balaban J connectivity index is 1.25. The fraction of sp³-hybridized carbons (Fsp3) is 0.333. The Morgan fingerprint density at radius 3 is 2.62 bits per heavy atom. The Bertz CT molecular complexity index is 1610. The first kappa shape index (κ1) is 26.5. The first-order valence-electron chi connectivity index (χ1n) is 13.3. The number of rotatable bonds is 7. The standard InChI is InChI=1S/C30H29ClF2N6O/c1-17-8-22(18(2)34-14-19-12-30(32,33)13-19)10-27(36-17)39-15-21-5-4-20(9-25(21)29(39)40)24-7-6-23(31)11-26(24)28-37-35-16-38(28)3/h4-11,16,18-19,34H,12-15H2,1-3H3. The molecule has 2 aromatic heterocycles. The lowest BCUT2D eigenvalue weighted by molar-refractivity contribution is -0.109. The number of nitrogens with one attached hydrogen (secondary N) is 1. The van der Waals surface area contributed by atoms with Crippen molar-refractivity contribution in [2.45, 2.75) is 45.2 Å². The van der Waals surface area contributed by atoms with E-state index in [1.165, 1.54) is 0 Å². The zero-order valence-electron chi connectivity index (χ0n) is 22.5. The third-order valence-electron chi connectivity index (χ3n) is 7.78. The van der Waals surface area contributed by atoms with Crippen molar-refractivity contribution in [1.29, 1.82) is 0 Å². The predicted molar refractivity (Wildman–Crippen MR) is 150 cm³/mol. The number of nitrogens with zero attached hydrogens (tertiary/aromatic N) is 5. The van der Waals surface area contributed by atoms with Crippen LogP contribution in [0.5, 0.6) is 0 Å². The Hall–Kier alpha value is -3.69. The highest BCUT2D eigenvalue weighted by molar-refractivity contribution is 6.31. The summed E-state index contributed by atoms with van der Waals surface area (Å²) in [6, 6.07) is 15.3. The van der Waals surface area contributed by atoms with E-state index in [2.05, 4.69) is 20.5 Å². The lowest BCUT2D eigenvalue weighted by Crippen LogP contribution is -2.41. The second-order valence-electron chi connectivity index (χ2n) is 10.9. The van der Waals surface area contributed by atoms with Gasteiger partial charge in [0.15, 0.2) is 5.82 Å². The van der Waals surface area contributed by atoms with Crippen LogP contribution in [0.3, 0.4) is 0 Å². The van der Waals surface area contributed by atoms with Crippen LogP contribution in [0.4, 0.5) is 14.6 Å². The number of benzene rings is 2. The second-order valence-corrected chi connectivity index (χ2v) is 11.3. The van der Waals surface area contributed by atoms with Crippen LogP contribution >= 0.6 is 11.6 Å². The maximum atomic E-state index is 13.7. The van der Waals surface area contributed by atoms with E-state index < -0.39 is 5.92 Å². The van der Waals surface area contributed by atoms with Crippen molar-refractivity contribution in [3.05, 3.63) is 82.3 Å². The number of pyridine rings is 1. The van der Waals surface area contributed by atoms with Crippen LogP contribution in [0.1, 0.15) is 53.0 Å². The number of alkyl halides is 2. The topological polar surface area (TPSA) is 75.9 Å². The zero-order valence-corrected chi connectivity index (χ0v) is 23.2. The monoisotopic (exact) mass is 562 g/mol. The molecule has 1 amide bonds. The average molecular weight is 563 g/mol. The number of carbonyl (C=O) groups is 1. The maximum Gasteiger partial charge on any atom is 0.260 e. The summed E-state index contributed by atoms with van der Waals surface area (Å²) in [7, 11) is 1.87. The molecule has 6 rings (SSSR count). The van der Waals surface area contributed by atoms with E-state index in [1.807, 2.05) is 74.0 Å². The quantitative estimate of drug-likeness (QED) is 0.283. The zero-order chi connectivity index (χ0) is 28.2. The molecule has 0 saturated heterocycles. The Morgan fingerprint density at radius 1 is 1.10 bits per heavy atom. The van der Waals surface area contributed by atoms with Gasteiger partial charge < -0.3 is 9.88 Å². The van der Waals surface area contributed by atoms with Gasteiger partial charge in [0.2, 0.25) is 5.92 Å². The number of aryl methyl sites for hydroxylation is 2. The van der Waals surface area contributed by atoms with Crippen molar-refractivity contribution in [3.8, 4) is 22.5 Å². The minimum atomic E-state index is -2.52. The van der Waals surface area contributed by atoms with Crippen LogP contribution in [0, 0.1) is 12.8 Å². The predicted octanol–water partition coefficient (Wildman–Crippen LogP) is 6.36. The van der Waals surface area contributed by atoms with Crippen molar-refractivity contribution in [2.75, 3.05) is 11.4 Å². The fourth-order valence-corrected chi connectivity index (χ4v) is 5.76. The molecule has 7 nitrogen and oxygen atoms in total. The summed E-state index contributed by atoms with van der Waals surface area (Å²) < 4.78 is 28.3. The number of hydrogen-bond donors (Lipinski definition) is 1. The molecule has 1 saturated carbocycles. The molecular weight excluding hydrogens is 534 g/mol. The molecule has 4 aromatic rings. The summed E-state index contributed by atoms with van der Waals surface area (Å²) in [6.45, 7) is 4.85. The van der Waals surface area contributed by atoms with Gasteiger partial charge in [-0.25, -0.2) is 13.8 Å². The molecule has 206 valence electrons. The third-order valence-corrected chi connectivity index (χ3v) is 8.02. The van der Waals surface area contributed by atoms with E-state index in [0.717, 1.165) is 33.5 Å². The summed E-state index contributed by atoms with van der Waals surface area (Å²) in [6.07, 6.45) is 1.51. The lowest BCUT2D eigenvalue weighted by atomic mass is 9.81. The van der Waals surface area contributed by atoms with Gasteiger partial charge in [-0.15, -0.1) is 10.2 Å². The molecule has 1 unspecified atom stereocenters. The molecule has 0 bridgehead atoms. The molecule has 10 heteroatoms. The van der Waals surface area contributed by atoms with Gasteiger partial charge >= 0.3 is 0 Å². The van der Waals surface area contributed by atoms with E-state index in [1.54, 1.807) is 11.2 Å². The Labute approximate surface area is 236 Å². The summed E-state index contributed by atoms with van der Waals surface area (Å²) in [5.74, 6) is -1.40. The molecule has 0 radical (unpaired) electrons. The maximum absolute atomic E-state index is 13.7. The van der Waals surface area contributed by atoms with Gasteiger partial charge in [-0.05, 0) is 78.9 Å². The van der Waals surface area contributed by atoms with E-state index in [-0.39, 0.29) is 30.7 Å².